The number of benzene rings is 1. The molecule has 3 aromatic heterocycles. The lowest BCUT2D eigenvalue weighted by atomic mass is 10.2. The van der Waals surface area contributed by atoms with Crippen LogP contribution in [-0.2, 0) is 13.1 Å². The second kappa shape index (κ2) is 9.54. The average Bonchev–Trinajstić information content (AvgIpc) is 3.36. The van der Waals surface area contributed by atoms with Crippen molar-refractivity contribution < 1.29 is 4.39 Å². The SMILES string of the molecule is CC.CN=CNCc1nc(-c2nn(Cc3ccccc3F)c3ncccc23)n[nH]1. The highest BCUT2D eigenvalue weighted by Gasteiger charge is 2.17. The first kappa shape index (κ1) is 20.1. The third-order valence-corrected chi connectivity index (χ3v) is 4.02. The topological polar surface area (TPSA) is 96.7 Å². The monoisotopic (exact) mass is 394 g/mol. The highest BCUT2D eigenvalue weighted by atomic mass is 19.1. The van der Waals surface area contributed by atoms with Crippen molar-refractivity contribution >= 4 is 17.4 Å². The smallest absolute Gasteiger partial charge is 0.202 e. The molecule has 0 fully saturated rings. The Morgan fingerprint density at radius 2 is 2.03 bits per heavy atom. The van der Waals surface area contributed by atoms with Crippen LogP contribution in [0.3, 0.4) is 0 Å². The van der Waals surface area contributed by atoms with Gasteiger partial charge in [-0.15, -0.1) is 0 Å². The normalized spacial score (nSPS) is 10.9. The predicted octanol–water partition coefficient (Wildman–Crippen LogP) is 3.18. The number of aliphatic imine (C=N–C) groups is 1. The number of H-pyrrole nitrogens is 1. The molecule has 8 nitrogen and oxygen atoms in total. The fourth-order valence-corrected chi connectivity index (χ4v) is 2.79. The lowest BCUT2D eigenvalue weighted by Crippen LogP contribution is -2.11. The standard InChI is InChI=1S/C18H17FN8.C2H6/c1-20-11-21-9-15-23-17(25-24-15)16-13-6-4-8-22-18(13)27(26-16)10-12-5-2-3-7-14(12)19;1-2/h2-8,11H,9-10H2,1H3,(H,20,21)(H,23,24,25);1-2H3. The van der Waals surface area contributed by atoms with Crippen LogP contribution >= 0.6 is 0 Å². The third-order valence-electron chi connectivity index (χ3n) is 4.02. The van der Waals surface area contributed by atoms with Crippen molar-refractivity contribution in [3.8, 4) is 11.5 Å². The van der Waals surface area contributed by atoms with Gasteiger partial charge in [0.2, 0.25) is 5.82 Å². The quantitative estimate of drug-likeness (QED) is 0.387. The minimum atomic E-state index is -0.275. The highest BCUT2D eigenvalue weighted by molar-refractivity contribution is 5.89. The Morgan fingerprint density at radius 1 is 1.21 bits per heavy atom. The Morgan fingerprint density at radius 3 is 2.83 bits per heavy atom. The Labute approximate surface area is 167 Å². The number of nitrogens with one attached hydrogen (secondary N) is 2. The van der Waals surface area contributed by atoms with Crippen molar-refractivity contribution in [2.75, 3.05) is 7.05 Å². The number of rotatable bonds is 6. The second-order valence-electron chi connectivity index (χ2n) is 5.85. The van der Waals surface area contributed by atoms with E-state index in [1.807, 2.05) is 26.0 Å². The summed E-state index contributed by atoms with van der Waals surface area (Å²) < 4.78 is 15.7. The molecule has 0 amide bonds. The van der Waals surface area contributed by atoms with Crippen LogP contribution in [0.1, 0.15) is 25.2 Å². The van der Waals surface area contributed by atoms with Gasteiger partial charge in [0, 0.05) is 18.8 Å². The predicted molar refractivity (Wildman–Crippen MR) is 111 cm³/mol. The van der Waals surface area contributed by atoms with Crippen LogP contribution in [0.4, 0.5) is 4.39 Å². The molecular formula is C20H23FN8. The molecule has 150 valence electrons. The molecule has 4 aromatic rings. The average molecular weight is 394 g/mol. The maximum Gasteiger partial charge on any atom is 0.202 e. The van der Waals surface area contributed by atoms with E-state index in [1.54, 1.807) is 42.5 Å². The van der Waals surface area contributed by atoms with Gasteiger partial charge in [-0.1, -0.05) is 32.0 Å². The van der Waals surface area contributed by atoms with E-state index < -0.39 is 0 Å². The molecular weight excluding hydrogens is 371 g/mol. The minimum Gasteiger partial charge on any atom is -0.369 e. The number of aromatic nitrogens is 6. The van der Waals surface area contributed by atoms with Gasteiger partial charge in [-0.2, -0.15) is 10.2 Å². The molecule has 0 aliphatic rings. The second-order valence-corrected chi connectivity index (χ2v) is 5.85. The van der Waals surface area contributed by atoms with Gasteiger partial charge < -0.3 is 5.32 Å². The summed E-state index contributed by atoms with van der Waals surface area (Å²) in [6.07, 6.45) is 3.27. The van der Waals surface area contributed by atoms with E-state index in [9.17, 15) is 4.39 Å². The zero-order chi connectivity index (χ0) is 20.6. The van der Waals surface area contributed by atoms with Crippen molar-refractivity contribution in [1.82, 2.24) is 35.3 Å². The number of pyridine rings is 1. The molecule has 1 aromatic carbocycles. The minimum absolute atomic E-state index is 0.270. The van der Waals surface area contributed by atoms with E-state index in [1.165, 1.54) is 6.07 Å². The van der Waals surface area contributed by atoms with E-state index in [4.69, 9.17) is 0 Å². The van der Waals surface area contributed by atoms with Crippen LogP contribution in [0, 0.1) is 5.82 Å². The van der Waals surface area contributed by atoms with E-state index >= 15 is 0 Å². The number of aromatic amines is 1. The summed E-state index contributed by atoms with van der Waals surface area (Å²) in [5, 5.41) is 15.5. The molecule has 0 aliphatic heterocycles. The largest absolute Gasteiger partial charge is 0.369 e. The van der Waals surface area contributed by atoms with Gasteiger partial charge in [-0.25, -0.2) is 19.0 Å². The molecule has 0 aliphatic carbocycles. The van der Waals surface area contributed by atoms with E-state index in [0.717, 1.165) is 5.39 Å². The Kier molecular flexibility index (Phi) is 6.62. The van der Waals surface area contributed by atoms with Crippen molar-refractivity contribution in [2.45, 2.75) is 26.9 Å². The van der Waals surface area contributed by atoms with Crippen molar-refractivity contribution in [2.24, 2.45) is 4.99 Å². The van der Waals surface area contributed by atoms with Crippen molar-refractivity contribution in [3.63, 3.8) is 0 Å². The fourth-order valence-electron chi connectivity index (χ4n) is 2.79. The fraction of sp³-hybridized carbons (Fsp3) is 0.250. The Hall–Kier alpha value is -3.62. The molecule has 0 spiro atoms. The summed E-state index contributed by atoms with van der Waals surface area (Å²) in [7, 11) is 1.68. The van der Waals surface area contributed by atoms with Gasteiger partial charge in [0.15, 0.2) is 5.65 Å². The molecule has 0 unspecified atom stereocenters. The zero-order valence-corrected chi connectivity index (χ0v) is 16.6. The lowest BCUT2D eigenvalue weighted by Gasteiger charge is -2.04. The Balaban J connectivity index is 0.00000117. The van der Waals surface area contributed by atoms with Gasteiger partial charge in [0.05, 0.1) is 24.8 Å². The molecule has 9 heteroatoms. The van der Waals surface area contributed by atoms with E-state index in [0.29, 0.717) is 35.1 Å². The van der Waals surface area contributed by atoms with Gasteiger partial charge >= 0.3 is 0 Å². The maximum absolute atomic E-state index is 14.0. The Bertz CT molecular complexity index is 1100. The molecule has 29 heavy (non-hydrogen) atoms. The van der Waals surface area contributed by atoms with Crippen LogP contribution in [0.5, 0.6) is 0 Å². The number of nitrogens with zero attached hydrogens (tertiary/aromatic N) is 6. The van der Waals surface area contributed by atoms with Gasteiger partial charge in [0.1, 0.15) is 17.3 Å². The first-order chi connectivity index (χ1) is 14.3. The highest BCUT2D eigenvalue weighted by Crippen LogP contribution is 2.25. The van der Waals surface area contributed by atoms with Crippen LogP contribution in [0.25, 0.3) is 22.6 Å². The first-order valence-electron chi connectivity index (χ1n) is 9.37. The summed E-state index contributed by atoms with van der Waals surface area (Å²) in [6.45, 7) is 4.74. The zero-order valence-electron chi connectivity index (χ0n) is 16.6. The van der Waals surface area contributed by atoms with Gasteiger partial charge in [-0.05, 0) is 18.2 Å². The number of hydrogen-bond acceptors (Lipinski definition) is 5. The van der Waals surface area contributed by atoms with Crippen molar-refractivity contribution in [3.05, 3.63) is 59.8 Å². The summed E-state index contributed by atoms with van der Waals surface area (Å²) in [4.78, 5) is 12.7. The number of halogens is 1. The van der Waals surface area contributed by atoms with Crippen LogP contribution in [-0.4, -0.2) is 43.3 Å². The summed E-state index contributed by atoms with van der Waals surface area (Å²) >= 11 is 0. The molecule has 0 saturated carbocycles. The van der Waals surface area contributed by atoms with E-state index in [2.05, 4.69) is 35.6 Å². The molecule has 0 radical (unpaired) electrons. The summed E-state index contributed by atoms with van der Waals surface area (Å²) in [5.74, 6) is 0.846. The lowest BCUT2D eigenvalue weighted by molar-refractivity contribution is 0.589. The number of fused-ring (bicyclic) bond motifs is 1. The number of hydrogen-bond donors (Lipinski definition) is 2. The van der Waals surface area contributed by atoms with Crippen LogP contribution in [0.2, 0.25) is 0 Å². The molecule has 0 saturated heterocycles. The van der Waals surface area contributed by atoms with E-state index in [-0.39, 0.29) is 12.4 Å². The maximum atomic E-state index is 14.0. The third kappa shape index (κ3) is 4.45. The molecule has 0 atom stereocenters. The van der Waals surface area contributed by atoms with Crippen LogP contribution in [0.15, 0.2) is 47.6 Å². The molecule has 3 heterocycles. The van der Waals surface area contributed by atoms with Crippen LogP contribution < -0.4 is 5.32 Å². The first-order valence-corrected chi connectivity index (χ1v) is 9.37. The summed E-state index contributed by atoms with van der Waals surface area (Å²) in [5.41, 5.74) is 1.79. The molecule has 0 bridgehead atoms. The molecule has 2 N–H and O–H groups in total. The van der Waals surface area contributed by atoms with Gasteiger partial charge in [0.25, 0.3) is 0 Å². The van der Waals surface area contributed by atoms with Gasteiger partial charge in [-0.3, -0.25) is 10.1 Å². The summed E-state index contributed by atoms with van der Waals surface area (Å²) in [6, 6.07) is 10.4. The molecule has 4 rings (SSSR count). The van der Waals surface area contributed by atoms with Crippen molar-refractivity contribution in [1.29, 1.82) is 0 Å².